The molecule has 0 aliphatic carbocycles. The van der Waals surface area contributed by atoms with E-state index in [1.807, 2.05) is 0 Å². The fourth-order valence-corrected chi connectivity index (χ4v) is 0.264. The molecule has 0 aromatic heterocycles. The molecule has 0 radical (unpaired) electrons. The Morgan fingerprint density at radius 1 is 1.00 bits per heavy atom. The monoisotopic (exact) mass is 270 g/mol. The minimum absolute atomic E-state index is 0. The summed E-state index contributed by atoms with van der Waals surface area (Å²) >= 11 is 0. The zero-order valence-electron chi connectivity index (χ0n) is 8.55. The van der Waals surface area contributed by atoms with Gasteiger partial charge in [0.1, 0.15) is 6.10 Å². The van der Waals surface area contributed by atoms with Gasteiger partial charge in [-0.25, -0.2) is 4.79 Å². The number of aliphatic hydroxyl groups excluding tert-OH is 2. The molecule has 0 spiro atoms. The van der Waals surface area contributed by atoms with Crippen molar-refractivity contribution in [2.24, 2.45) is 0 Å². The van der Waals surface area contributed by atoms with Gasteiger partial charge in [0.05, 0.1) is 5.97 Å². The van der Waals surface area contributed by atoms with Crippen molar-refractivity contribution >= 4 is 11.9 Å². The van der Waals surface area contributed by atoms with Crippen LogP contribution in [0.25, 0.3) is 0 Å². The number of carbonyl (C=O) groups excluding carboxylic acids is 1. The second-order valence-corrected chi connectivity index (χ2v) is 1.55. The smallest absolute Gasteiger partial charge is 1.00 e. The van der Waals surface area contributed by atoms with Crippen LogP contribution in [0, 0.1) is 0 Å². The molecule has 0 aromatic rings. The molecule has 0 saturated heterocycles. The molecular formula is C4H6ClNa3O7. The van der Waals surface area contributed by atoms with Crippen LogP contribution in [-0.4, -0.2) is 44.9 Å². The van der Waals surface area contributed by atoms with E-state index < -0.39 is 24.1 Å². The van der Waals surface area contributed by atoms with Gasteiger partial charge in [-0.2, -0.15) is 0 Å². The Morgan fingerprint density at radius 2 is 1.27 bits per heavy atom. The zero-order chi connectivity index (χ0) is 8.31. The van der Waals surface area contributed by atoms with E-state index in [0.29, 0.717) is 0 Å². The Morgan fingerprint density at radius 3 is 1.33 bits per heavy atom. The molecule has 0 aliphatic heterocycles. The predicted molar refractivity (Wildman–Crippen MR) is 26.6 cm³/mol. The van der Waals surface area contributed by atoms with Crippen molar-refractivity contribution in [2.75, 3.05) is 0 Å². The summed E-state index contributed by atoms with van der Waals surface area (Å²) in [5.41, 5.74) is 0. The third-order valence-electron chi connectivity index (χ3n) is 0.794. The molecule has 2 atom stereocenters. The van der Waals surface area contributed by atoms with Gasteiger partial charge in [0.15, 0.2) is 6.10 Å². The van der Waals surface area contributed by atoms with E-state index >= 15 is 0 Å². The van der Waals surface area contributed by atoms with Crippen LogP contribution in [0.1, 0.15) is 0 Å². The molecule has 15 heavy (non-hydrogen) atoms. The number of aliphatic hydroxyl groups is 2. The van der Waals surface area contributed by atoms with Crippen molar-refractivity contribution in [3.05, 3.63) is 0 Å². The van der Waals surface area contributed by atoms with Crippen molar-refractivity contribution in [1.29, 1.82) is 0 Å². The largest absolute Gasteiger partial charge is 1.00 e. The first-order valence-corrected chi connectivity index (χ1v) is 2.26. The SMILES string of the molecule is O=C([O-])C(O)C(O)C(=O)O.[Cl-].[Na+].[Na+].[Na+].[OH-]. The van der Waals surface area contributed by atoms with E-state index in [4.69, 9.17) is 15.3 Å². The molecule has 0 amide bonds. The molecule has 0 rings (SSSR count). The summed E-state index contributed by atoms with van der Waals surface area (Å²) in [4.78, 5) is 19.4. The molecule has 74 valence electrons. The van der Waals surface area contributed by atoms with E-state index in [1.165, 1.54) is 0 Å². The van der Waals surface area contributed by atoms with Gasteiger partial charge >= 0.3 is 94.6 Å². The molecule has 11 heteroatoms. The van der Waals surface area contributed by atoms with Crippen LogP contribution in [0.3, 0.4) is 0 Å². The number of hydrogen-bond donors (Lipinski definition) is 3. The fourth-order valence-electron chi connectivity index (χ4n) is 0.264. The molecule has 0 fully saturated rings. The topological polar surface area (TPSA) is 148 Å². The van der Waals surface area contributed by atoms with Gasteiger partial charge in [0, 0.05) is 0 Å². The van der Waals surface area contributed by atoms with Gasteiger partial charge in [-0.1, -0.05) is 0 Å². The third kappa shape index (κ3) is 16.1. The summed E-state index contributed by atoms with van der Waals surface area (Å²) < 4.78 is 0. The first-order valence-electron chi connectivity index (χ1n) is 2.26. The number of aliphatic carboxylic acids is 2. The molecule has 7 nitrogen and oxygen atoms in total. The Hall–Kier alpha value is 2.11. The van der Waals surface area contributed by atoms with E-state index in [2.05, 4.69) is 0 Å². The van der Waals surface area contributed by atoms with Gasteiger partial charge in [0.2, 0.25) is 0 Å². The Kier molecular flexibility index (Phi) is 44.3. The van der Waals surface area contributed by atoms with Gasteiger partial charge in [-0.05, 0) is 0 Å². The number of rotatable bonds is 3. The summed E-state index contributed by atoms with van der Waals surface area (Å²) in [6.45, 7) is 0. The van der Waals surface area contributed by atoms with Crippen LogP contribution >= 0.6 is 0 Å². The minimum atomic E-state index is -2.38. The van der Waals surface area contributed by atoms with Crippen LogP contribution in [0.15, 0.2) is 0 Å². The Bertz CT molecular complexity index is 150. The molecule has 2 unspecified atom stereocenters. The average Bonchev–Trinajstić information content (AvgIpc) is 1.84. The average molecular weight is 271 g/mol. The van der Waals surface area contributed by atoms with Crippen molar-refractivity contribution in [3.63, 3.8) is 0 Å². The zero-order valence-corrected chi connectivity index (χ0v) is 15.3. The van der Waals surface area contributed by atoms with Crippen molar-refractivity contribution < 1.29 is 137 Å². The minimum Gasteiger partial charge on any atom is -1.00 e. The van der Waals surface area contributed by atoms with Crippen LogP contribution in [0.5, 0.6) is 0 Å². The second-order valence-electron chi connectivity index (χ2n) is 1.55. The van der Waals surface area contributed by atoms with Crippen molar-refractivity contribution in [1.82, 2.24) is 0 Å². The summed E-state index contributed by atoms with van der Waals surface area (Å²) in [7, 11) is 0. The van der Waals surface area contributed by atoms with Gasteiger partial charge in [-0.3, -0.25) is 0 Å². The maximum absolute atomic E-state index is 9.74. The van der Waals surface area contributed by atoms with Crippen LogP contribution in [-0.2, 0) is 9.59 Å². The van der Waals surface area contributed by atoms with Gasteiger partial charge in [-0.15, -0.1) is 0 Å². The number of hydrogen-bond acceptors (Lipinski definition) is 6. The first-order chi connectivity index (χ1) is 4.46. The quantitative estimate of drug-likeness (QED) is 0.431. The van der Waals surface area contributed by atoms with E-state index in [-0.39, 0.29) is 107 Å². The number of carboxylic acids is 2. The van der Waals surface area contributed by atoms with Crippen LogP contribution in [0.2, 0.25) is 0 Å². The Balaban J connectivity index is -0.0000000405. The van der Waals surface area contributed by atoms with E-state index in [0.717, 1.165) is 0 Å². The summed E-state index contributed by atoms with van der Waals surface area (Å²) in [6.07, 6.45) is -4.71. The fraction of sp³-hybridized carbons (Fsp3) is 0.500. The molecule has 0 heterocycles. The second kappa shape index (κ2) is 18.5. The van der Waals surface area contributed by atoms with Crippen molar-refractivity contribution in [2.45, 2.75) is 12.2 Å². The first kappa shape index (κ1) is 36.0. The summed E-state index contributed by atoms with van der Waals surface area (Å²) in [6, 6.07) is 0. The molecular weight excluding hydrogens is 264 g/mol. The molecule has 0 saturated carbocycles. The maximum Gasteiger partial charge on any atom is 1.00 e. The number of carbonyl (C=O) groups is 2. The van der Waals surface area contributed by atoms with E-state index in [9.17, 15) is 14.7 Å². The standard InChI is InChI=1S/C4H6O6.ClH.3Na.H2O/c5-1(3(7)8)2(6)4(9)10;;;;;/h1-2,5-6H,(H,7,8)(H,9,10);1H;;;;1H2/q;;3*+1;/p-3. The maximum atomic E-state index is 9.74. The normalized spacial score (nSPS) is 10.5. The van der Waals surface area contributed by atoms with Gasteiger partial charge in [0.25, 0.3) is 0 Å². The summed E-state index contributed by atoms with van der Waals surface area (Å²) in [5.74, 6) is -3.83. The predicted octanol–water partition coefficient (Wildman–Crippen LogP) is -15.6. The molecule has 0 aromatic carbocycles. The van der Waals surface area contributed by atoms with Crippen LogP contribution < -0.4 is 106 Å². The van der Waals surface area contributed by atoms with E-state index in [1.54, 1.807) is 0 Å². The Labute approximate surface area is 158 Å². The van der Waals surface area contributed by atoms with Crippen LogP contribution in [0.4, 0.5) is 0 Å². The number of halogens is 1. The molecule has 0 aliphatic rings. The van der Waals surface area contributed by atoms with Gasteiger partial charge < -0.3 is 43.1 Å². The molecule has 4 N–H and O–H groups in total. The van der Waals surface area contributed by atoms with Crippen molar-refractivity contribution in [3.8, 4) is 0 Å². The third-order valence-corrected chi connectivity index (χ3v) is 0.794. The molecule has 0 bridgehead atoms. The number of carboxylic acid groups (broad SMARTS) is 2. The summed E-state index contributed by atoms with van der Waals surface area (Å²) in [5, 5.41) is 34.1.